The zero-order chi connectivity index (χ0) is 38.5. The highest BCUT2D eigenvalue weighted by Gasteiger charge is 2.37. The van der Waals surface area contributed by atoms with E-state index < -0.39 is 24.6 Å². The molecule has 1 aromatic heterocycles. The first kappa shape index (κ1) is 43.7. The van der Waals surface area contributed by atoms with Gasteiger partial charge in [0.1, 0.15) is 29.4 Å². The molecule has 6 N–H and O–H groups in total. The Bertz CT molecular complexity index is 1390. The molecule has 18 nitrogen and oxygen atoms in total. The predicted molar refractivity (Wildman–Crippen MR) is 191 cm³/mol. The van der Waals surface area contributed by atoms with E-state index in [0.717, 1.165) is 24.1 Å². The first-order valence-electron chi connectivity index (χ1n) is 18.2. The van der Waals surface area contributed by atoms with Crippen molar-refractivity contribution < 1.29 is 48.3 Å². The van der Waals surface area contributed by atoms with Crippen LogP contribution >= 0.6 is 0 Å². The molecule has 296 valence electrons. The molecular weight excluding hydrogens is 690 g/mol. The minimum atomic E-state index is -1.04. The third-order valence-electron chi connectivity index (χ3n) is 8.86. The molecule has 53 heavy (non-hydrogen) atoms. The van der Waals surface area contributed by atoms with Crippen LogP contribution in [0.3, 0.4) is 0 Å². The number of nitrogens with zero attached hydrogens (tertiary/aromatic N) is 6. The molecule has 2 amide bonds. The highest BCUT2D eigenvalue weighted by atomic mass is 16.7. The molecule has 0 saturated carbocycles. The van der Waals surface area contributed by atoms with Gasteiger partial charge in [-0.15, -0.1) is 5.10 Å². The number of rotatable bonds is 26. The average Bonchev–Trinajstić information content (AvgIpc) is 3.59. The molecule has 1 aromatic carbocycles. The maximum absolute atomic E-state index is 13.6. The molecule has 1 aliphatic heterocycles. The van der Waals surface area contributed by atoms with E-state index in [4.69, 9.17) is 24.5 Å². The number of amides is 2. The van der Waals surface area contributed by atoms with Crippen LogP contribution in [0.4, 0.5) is 0 Å². The van der Waals surface area contributed by atoms with Crippen LogP contribution in [0.2, 0.25) is 0 Å². The van der Waals surface area contributed by atoms with Gasteiger partial charge >= 0.3 is 0 Å². The molecule has 0 radical (unpaired) electrons. The highest BCUT2D eigenvalue weighted by molar-refractivity contribution is 5.80. The van der Waals surface area contributed by atoms with Crippen LogP contribution in [-0.4, -0.2) is 158 Å². The minimum absolute atomic E-state index is 0.0334. The predicted octanol–water partition coefficient (Wildman–Crippen LogP) is -0.0987. The van der Waals surface area contributed by atoms with E-state index in [-0.39, 0.29) is 49.8 Å². The van der Waals surface area contributed by atoms with Gasteiger partial charge in [0, 0.05) is 57.4 Å². The molecule has 0 spiro atoms. The number of benzene rings is 1. The number of aliphatic hydroxyl groups is 3. The van der Waals surface area contributed by atoms with Gasteiger partial charge < -0.3 is 49.4 Å². The summed E-state index contributed by atoms with van der Waals surface area (Å²) in [6.07, 6.45) is 1.01. The van der Waals surface area contributed by atoms with E-state index in [0.29, 0.717) is 69.9 Å². The van der Waals surface area contributed by atoms with Crippen molar-refractivity contribution in [3.63, 3.8) is 0 Å². The van der Waals surface area contributed by atoms with E-state index in [1.54, 1.807) is 4.68 Å². The van der Waals surface area contributed by atoms with Crippen molar-refractivity contribution in [2.24, 2.45) is 5.11 Å². The lowest BCUT2D eigenvalue weighted by atomic mass is 9.99. The molecule has 18 heteroatoms. The molecule has 0 bridgehead atoms. The van der Waals surface area contributed by atoms with Gasteiger partial charge in [0.2, 0.25) is 10.8 Å². The molecule has 1 fully saturated rings. The summed E-state index contributed by atoms with van der Waals surface area (Å²) in [7, 11) is 5.99. The summed E-state index contributed by atoms with van der Waals surface area (Å²) in [6.45, 7) is 3.00. The lowest BCUT2D eigenvalue weighted by molar-refractivity contribution is -0.886. The van der Waals surface area contributed by atoms with Crippen LogP contribution in [0.1, 0.15) is 49.3 Å². The Morgan fingerprint density at radius 3 is 2.57 bits per heavy atom. The van der Waals surface area contributed by atoms with Crippen LogP contribution < -0.4 is 15.5 Å². The first-order chi connectivity index (χ1) is 25.5. The first-order valence-corrected chi connectivity index (χ1v) is 18.2. The van der Waals surface area contributed by atoms with E-state index >= 15 is 0 Å². The van der Waals surface area contributed by atoms with Crippen LogP contribution in [-0.2, 0) is 41.5 Å². The van der Waals surface area contributed by atoms with Gasteiger partial charge in [0.15, 0.2) is 12.3 Å². The Morgan fingerprint density at radius 1 is 1.09 bits per heavy atom. The third kappa shape index (κ3) is 16.5. The largest absolute Gasteiger partial charge is 0.394 e. The molecule has 2 heterocycles. The molecule has 6 atom stereocenters. The number of quaternary nitrogens is 1. The van der Waals surface area contributed by atoms with Gasteiger partial charge in [0.05, 0.1) is 72.6 Å². The van der Waals surface area contributed by atoms with Crippen LogP contribution in [0.25, 0.3) is 0 Å². The number of aliphatic hydroxyl groups excluding tert-OH is 3. The van der Waals surface area contributed by atoms with Crippen molar-refractivity contribution in [2.75, 3.05) is 80.4 Å². The van der Waals surface area contributed by atoms with Crippen LogP contribution in [0.5, 0.6) is 0 Å². The van der Waals surface area contributed by atoms with E-state index in [1.165, 1.54) is 0 Å². The Labute approximate surface area is 310 Å². The number of aryl methyl sites for hydroxylation is 2. The lowest BCUT2D eigenvalue weighted by Crippen LogP contribution is -2.54. The zero-order valence-corrected chi connectivity index (χ0v) is 31.2. The Hall–Kier alpha value is -3.71. The van der Waals surface area contributed by atoms with Gasteiger partial charge in [-0.3, -0.25) is 14.3 Å². The number of nitrogens with one attached hydrogen (secondary N) is 3. The second kappa shape index (κ2) is 23.9. The number of likely N-dealkylation sites (N-methyl/N-ethyl adjacent to an activating group) is 1. The van der Waals surface area contributed by atoms with E-state index in [2.05, 4.69) is 31.0 Å². The second-order valence-electron chi connectivity index (χ2n) is 13.9. The smallest absolute Gasteiger partial charge is 0.278 e. The van der Waals surface area contributed by atoms with Crippen molar-refractivity contribution in [1.82, 2.24) is 30.5 Å². The quantitative estimate of drug-likeness (QED) is 0.0322. The zero-order valence-electron chi connectivity index (χ0n) is 31.2. The summed E-state index contributed by atoms with van der Waals surface area (Å²) in [5.41, 5.74) is 8.25. The number of hydrogen-bond donors (Lipinski definition) is 6. The molecule has 2 aromatic rings. The van der Waals surface area contributed by atoms with E-state index in [1.807, 2.05) is 57.7 Å². The Kier molecular flexibility index (Phi) is 19.7. The summed E-state index contributed by atoms with van der Waals surface area (Å²) < 4.78 is 24.4. The molecule has 1 aliphatic rings. The third-order valence-corrected chi connectivity index (χ3v) is 8.86. The monoisotopic (exact) mass is 749 g/mol. The van der Waals surface area contributed by atoms with Crippen molar-refractivity contribution in [2.45, 2.75) is 81.6 Å². The molecule has 1 saturated heterocycles. The maximum atomic E-state index is 13.6. The number of carbonyl (C=O) groups excluding carboxylic acids is 2. The fourth-order valence-corrected chi connectivity index (χ4v) is 5.84. The SMILES string of the molecule is C[N+](C)(C)[C@@H](CCCCn1cc(CCC(=O)NCCOCCOCCN=[N+]=N)nn1)C(=O)NCC(CO[C@@H]1O[C@H](CO)C(O)C[C@H]1O)c1ccccc1. The molecule has 3 rings (SSSR count). The maximum Gasteiger partial charge on any atom is 0.278 e. The Morgan fingerprint density at radius 2 is 1.85 bits per heavy atom. The molecule has 0 aliphatic carbocycles. The summed E-state index contributed by atoms with van der Waals surface area (Å²) in [5, 5.41) is 47.8. The van der Waals surface area contributed by atoms with Crippen LogP contribution in [0, 0.1) is 5.53 Å². The number of hydrogen-bond acceptors (Lipinski definition) is 13. The lowest BCUT2D eigenvalue weighted by Gasteiger charge is -2.37. The molecule has 2 unspecified atom stereocenters. The van der Waals surface area contributed by atoms with Crippen molar-refractivity contribution in [1.29, 1.82) is 5.53 Å². The van der Waals surface area contributed by atoms with Crippen molar-refractivity contribution >= 4 is 11.8 Å². The van der Waals surface area contributed by atoms with Gasteiger partial charge in [0.25, 0.3) is 5.91 Å². The fraction of sp³-hybridized carbons (Fsp3) is 0.714. The van der Waals surface area contributed by atoms with E-state index in [9.17, 15) is 24.9 Å². The summed E-state index contributed by atoms with van der Waals surface area (Å²) >= 11 is 0. The average molecular weight is 750 g/mol. The summed E-state index contributed by atoms with van der Waals surface area (Å²) in [4.78, 5) is 28.7. The fourth-order valence-electron chi connectivity index (χ4n) is 5.84. The van der Waals surface area contributed by atoms with Crippen molar-refractivity contribution in [3.8, 4) is 0 Å². The number of ether oxygens (including phenoxy) is 4. The summed E-state index contributed by atoms with van der Waals surface area (Å²) in [6, 6.07) is 9.35. The van der Waals surface area contributed by atoms with Crippen LogP contribution in [0.15, 0.2) is 41.6 Å². The van der Waals surface area contributed by atoms with Gasteiger partial charge in [-0.2, -0.15) is 0 Å². The molecular formula is C35H59N9O9+2. The van der Waals surface area contributed by atoms with Gasteiger partial charge in [-0.25, -0.2) is 0 Å². The Balaban J connectivity index is 1.38. The minimum Gasteiger partial charge on any atom is -0.394 e. The number of unbranched alkanes of at least 4 members (excludes halogenated alkanes) is 1. The second-order valence-corrected chi connectivity index (χ2v) is 13.9. The highest BCUT2D eigenvalue weighted by Crippen LogP contribution is 2.24. The topological polar surface area (TPSA) is 237 Å². The van der Waals surface area contributed by atoms with Gasteiger partial charge in [-0.05, 0) is 18.4 Å². The number of aromatic nitrogens is 3. The summed E-state index contributed by atoms with van der Waals surface area (Å²) in [5.74, 6) is -0.397. The normalized spacial score (nSPS) is 20.0. The number of carbonyl (C=O) groups is 2. The standard InChI is InChI=1S/C35H57N9O9/c1-44(2,3)29(34(49)38-22-27(26-9-5-4-6-10-26)25-52-35-31(47)21-30(46)32(24-45)53-35)11-7-8-16-43-23-28(40-42-43)12-13-33(48)37-14-17-50-19-20-51-18-15-39-41-36/h4-6,9-10,23,27,29-32,35-36,45-47H,7-8,11-22,24-25H2,1-3H3/p+2/t27?,29-,30?,31+,32+,35+/m0/s1. The van der Waals surface area contributed by atoms with Gasteiger partial charge in [-0.1, -0.05) is 35.5 Å². The van der Waals surface area contributed by atoms with Crippen molar-refractivity contribution in [3.05, 3.63) is 47.8 Å².